The maximum Gasteiger partial charge on any atom is 0.410 e. The minimum Gasteiger partial charge on any atom is -0.494 e. The van der Waals surface area contributed by atoms with Crippen molar-refractivity contribution in [1.82, 2.24) is 9.88 Å². The molecule has 174 valence electrons. The highest BCUT2D eigenvalue weighted by Gasteiger charge is 2.31. The Balaban J connectivity index is 1.84. The lowest BCUT2D eigenvalue weighted by molar-refractivity contribution is -0.0498. The fraction of sp³-hybridized carbons (Fsp3) is 0.478. The predicted molar refractivity (Wildman–Crippen MR) is 117 cm³/mol. The Morgan fingerprint density at radius 1 is 1.16 bits per heavy atom. The van der Waals surface area contributed by atoms with Gasteiger partial charge in [0.1, 0.15) is 22.8 Å². The van der Waals surface area contributed by atoms with E-state index in [0.29, 0.717) is 31.7 Å². The number of ether oxygens (including phenoxy) is 3. The number of amides is 1. The number of pyridine rings is 1. The van der Waals surface area contributed by atoms with Crippen molar-refractivity contribution in [3.8, 4) is 11.5 Å². The van der Waals surface area contributed by atoms with E-state index in [4.69, 9.17) is 9.47 Å². The molecular formula is C23H29F2N3O4. The molecule has 0 unspecified atom stereocenters. The molecular weight excluding hydrogens is 420 g/mol. The van der Waals surface area contributed by atoms with Gasteiger partial charge in [-0.15, -0.1) is 0 Å². The van der Waals surface area contributed by atoms with Crippen LogP contribution in [-0.2, 0) is 4.74 Å². The van der Waals surface area contributed by atoms with Gasteiger partial charge in [-0.1, -0.05) is 0 Å². The quantitative estimate of drug-likeness (QED) is 0.602. The predicted octanol–water partition coefficient (Wildman–Crippen LogP) is 5.23. The molecule has 1 fully saturated rings. The van der Waals surface area contributed by atoms with Gasteiger partial charge in [-0.05, 0) is 57.9 Å². The minimum atomic E-state index is -2.88. The molecule has 2 aromatic rings. The number of likely N-dealkylation sites (tertiary alicyclic amines) is 1. The van der Waals surface area contributed by atoms with Crippen molar-refractivity contribution in [2.24, 2.45) is 0 Å². The summed E-state index contributed by atoms with van der Waals surface area (Å²) >= 11 is 0. The highest BCUT2D eigenvalue weighted by Crippen LogP contribution is 2.38. The van der Waals surface area contributed by atoms with E-state index in [1.165, 1.54) is 12.1 Å². The molecule has 1 aromatic heterocycles. The summed E-state index contributed by atoms with van der Waals surface area (Å²) < 4.78 is 40.6. The number of hydrogen-bond donors (Lipinski definition) is 0. The summed E-state index contributed by atoms with van der Waals surface area (Å²) in [5, 5.41) is 0. The van der Waals surface area contributed by atoms with Crippen LogP contribution in [0.3, 0.4) is 0 Å². The number of hydrogen-bond acceptors (Lipinski definition) is 6. The van der Waals surface area contributed by atoms with Gasteiger partial charge < -0.3 is 24.0 Å². The first-order valence-electron chi connectivity index (χ1n) is 10.5. The molecule has 0 saturated carbocycles. The van der Waals surface area contributed by atoms with E-state index in [1.807, 2.05) is 20.8 Å². The number of carbonyl (C=O) groups is 1. The van der Waals surface area contributed by atoms with Crippen LogP contribution in [0.15, 0.2) is 42.7 Å². The second-order valence-electron chi connectivity index (χ2n) is 8.49. The third-order valence-electron chi connectivity index (χ3n) is 5.06. The second kappa shape index (κ2) is 10.0. The molecule has 0 bridgehead atoms. The number of alkyl halides is 2. The van der Waals surface area contributed by atoms with Crippen molar-refractivity contribution in [1.29, 1.82) is 0 Å². The summed E-state index contributed by atoms with van der Waals surface area (Å²) in [5.41, 5.74) is 0.993. The van der Waals surface area contributed by atoms with Crippen LogP contribution in [0.5, 0.6) is 11.5 Å². The molecule has 0 aliphatic carbocycles. The average Bonchev–Trinajstić information content (AvgIpc) is 2.74. The van der Waals surface area contributed by atoms with E-state index >= 15 is 0 Å². The van der Waals surface area contributed by atoms with Gasteiger partial charge in [0.05, 0.1) is 13.3 Å². The highest BCUT2D eigenvalue weighted by atomic mass is 19.3. The first kappa shape index (κ1) is 23.6. The van der Waals surface area contributed by atoms with Crippen molar-refractivity contribution >= 4 is 17.5 Å². The zero-order chi connectivity index (χ0) is 23.3. The molecule has 1 aliphatic rings. The summed E-state index contributed by atoms with van der Waals surface area (Å²) in [5.74, 6) is 0.726. The van der Waals surface area contributed by atoms with E-state index in [-0.39, 0.29) is 17.9 Å². The maximum atomic E-state index is 12.5. The molecule has 32 heavy (non-hydrogen) atoms. The molecule has 0 N–H and O–H groups in total. The topological polar surface area (TPSA) is 64.1 Å². The first-order chi connectivity index (χ1) is 15.2. The van der Waals surface area contributed by atoms with Crippen molar-refractivity contribution in [3.05, 3.63) is 42.7 Å². The Morgan fingerprint density at radius 3 is 2.38 bits per heavy atom. The number of carbonyl (C=O) groups excluding carboxylic acids is 1. The Kier molecular flexibility index (Phi) is 7.37. The van der Waals surface area contributed by atoms with Crippen LogP contribution in [0, 0.1) is 0 Å². The van der Waals surface area contributed by atoms with Gasteiger partial charge in [0.2, 0.25) is 0 Å². The lowest BCUT2D eigenvalue weighted by Crippen LogP contribution is -2.47. The first-order valence-corrected chi connectivity index (χ1v) is 10.5. The molecule has 3 rings (SSSR count). The standard InChI is InChI=1S/C23H29F2N3O4/c1-23(2,3)32-22(29)27-13-10-17(11-14-27)28(19-15-26-12-9-20(19)30-4)16-5-7-18(8-6-16)31-21(24)25/h5-9,12,15,17,21H,10-11,13-14H2,1-4H3. The summed E-state index contributed by atoms with van der Waals surface area (Å²) in [4.78, 5) is 20.5. The fourth-order valence-corrected chi connectivity index (χ4v) is 3.69. The number of methoxy groups -OCH3 is 1. The Hall–Kier alpha value is -3.10. The minimum absolute atomic E-state index is 0.0358. The van der Waals surface area contributed by atoms with Gasteiger partial charge in [-0.3, -0.25) is 4.98 Å². The van der Waals surface area contributed by atoms with Crippen LogP contribution in [0.1, 0.15) is 33.6 Å². The van der Waals surface area contributed by atoms with Crippen LogP contribution >= 0.6 is 0 Å². The van der Waals surface area contributed by atoms with Gasteiger partial charge >= 0.3 is 12.7 Å². The fourth-order valence-electron chi connectivity index (χ4n) is 3.69. The molecule has 2 heterocycles. The van der Waals surface area contributed by atoms with E-state index < -0.39 is 12.2 Å². The maximum absolute atomic E-state index is 12.5. The highest BCUT2D eigenvalue weighted by molar-refractivity contribution is 5.71. The number of anilines is 2. The van der Waals surface area contributed by atoms with Crippen LogP contribution in [0.2, 0.25) is 0 Å². The number of rotatable bonds is 6. The van der Waals surface area contributed by atoms with Crippen LogP contribution < -0.4 is 14.4 Å². The van der Waals surface area contributed by atoms with Crippen molar-refractivity contribution in [2.45, 2.75) is 51.9 Å². The molecule has 1 aromatic carbocycles. The molecule has 0 atom stereocenters. The lowest BCUT2D eigenvalue weighted by Gasteiger charge is -2.40. The second-order valence-corrected chi connectivity index (χ2v) is 8.49. The van der Waals surface area contributed by atoms with Crippen LogP contribution in [-0.4, -0.2) is 54.4 Å². The summed E-state index contributed by atoms with van der Waals surface area (Å²) in [6, 6.07) is 8.27. The van der Waals surface area contributed by atoms with E-state index in [9.17, 15) is 13.6 Å². The van der Waals surface area contributed by atoms with Crippen molar-refractivity contribution in [3.63, 3.8) is 0 Å². The normalized spacial score (nSPS) is 14.9. The third kappa shape index (κ3) is 5.99. The zero-order valence-corrected chi connectivity index (χ0v) is 18.8. The van der Waals surface area contributed by atoms with Crippen LogP contribution in [0.25, 0.3) is 0 Å². The smallest absolute Gasteiger partial charge is 0.410 e. The van der Waals surface area contributed by atoms with Gasteiger partial charge in [0.25, 0.3) is 0 Å². The van der Waals surface area contributed by atoms with Gasteiger partial charge in [-0.25, -0.2) is 4.79 Å². The molecule has 1 saturated heterocycles. The number of aromatic nitrogens is 1. The molecule has 1 aliphatic heterocycles. The number of halogens is 2. The Morgan fingerprint density at radius 2 is 1.81 bits per heavy atom. The summed E-state index contributed by atoms with van der Waals surface area (Å²) in [7, 11) is 1.59. The molecule has 0 spiro atoms. The van der Waals surface area contributed by atoms with Gasteiger partial charge in [0.15, 0.2) is 0 Å². The summed E-state index contributed by atoms with van der Waals surface area (Å²) in [6.07, 6.45) is 4.41. The van der Waals surface area contributed by atoms with E-state index in [2.05, 4.69) is 14.6 Å². The van der Waals surface area contributed by atoms with Crippen LogP contribution in [0.4, 0.5) is 25.0 Å². The zero-order valence-electron chi connectivity index (χ0n) is 18.8. The lowest BCUT2D eigenvalue weighted by atomic mass is 10.0. The number of piperidine rings is 1. The SMILES string of the molecule is COc1ccncc1N(c1ccc(OC(F)F)cc1)C1CCN(C(=O)OC(C)(C)C)CC1. The monoisotopic (exact) mass is 449 g/mol. The van der Waals surface area contributed by atoms with Crippen molar-refractivity contribution < 1.29 is 27.8 Å². The van der Waals surface area contributed by atoms with Gasteiger partial charge in [-0.2, -0.15) is 8.78 Å². The number of nitrogens with zero attached hydrogens (tertiary/aromatic N) is 3. The Bertz CT molecular complexity index is 895. The molecule has 0 radical (unpaired) electrons. The van der Waals surface area contributed by atoms with E-state index in [0.717, 1.165) is 11.4 Å². The molecule has 7 nitrogen and oxygen atoms in total. The third-order valence-corrected chi connectivity index (χ3v) is 5.06. The molecule has 9 heteroatoms. The van der Waals surface area contributed by atoms with E-state index in [1.54, 1.807) is 42.6 Å². The molecule has 1 amide bonds. The average molecular weight is 449 g/mol. The largest absolute Gasteiger partial charge is 0.494 e. The van der Waals surface area contributed by atoms with Gasteiger partial charge in [0, 0.05) is 37.1 Å². The Labute approximate surface area is 186 Å². The van der Waals surface area contributed by atoms with Crippen molar-refractivity contribution in [2.75, 3.05) is 25.1 Å². The summed E-state index contributed by atoms with van der Waals surface area (Å²) in [6.45, 7) is 3.71. The number of benzene rings is 1.